The van der Waals surface area contributed by atoms with Gasteiger partial charge in [0.2, 0.25) is 5.28 Å². The van der Waals surface area contributed by atoms with E-state index in [1.807, 2.05) is 5.32 Å². The van der Waals surface area contributed by atoms with Crippen molar-refractivity contribution in [3.8, 4) is 0 Å². The van der Waals surface area contributed by atoms with E-state index in [2.05, 4.69) is 9.97 Å². The Labute approximate surface area is 88.1 Å². The summed E-state index contributed by atoms with van der Waals surface area (Å²) in [5.41, 5.74) is 0. The lowest BCUT2D eigenvalue weighted by Crippen LogP contribution is -2.31. The quantitative estimate of drug-likeness (QED) is 0.781. The minimum absolute atomic E-state index is 0.258. The number of nitrogens with zero attached hydrogens (tertiary/aromatic N) is 2. The van der Waals surface area contributed by atoms with Gasteiger partial charge in [0.1, 0.15) is 6.61 Å². The topological polar surface area (TPSA) is 58.0 Å². The molecule has 0 aliphatic rings. The van der Waals surface area contributed by atoms with E-state index < -0.39 is 30.7 Å². The predicted octanol–water partition coefficient (Wildman–Crippen LogP) is 1.31. The first kappa shape index (κ1) is 12.0. The van der Waals surface area contributed by atoms with Crippen LogP contribution in [0.25, 0.3) is 0 Å². The maximum atomic E-state index is 12.9. The van der Waals surface area contributed by atoms with Crippen LogP contribution in [0.15, 0.2) is 6.20 Å². The van der Waals surface area contributed by atoms with Crippen molar-refractivity contribution in [1.82, 2.24) is 9.97 Å². The number of hydrogen-bond donors (Lipinski definition) is 2. The van der Waals surface area contributed by atoms with Gasteiger partial charge in [-0.1, -0.05) is 0 Å². The molecule has 0 aliphatic heterocycles. The Hall–Kier alpha value is -1.08. The lowest BCUT2D eigenvalue weighted by atomic mass is 10.3. The minimum atomic E-state index is -3.34. The Balaban J connectivity index is 2.69. The van der Waals surface area contributed by atoms with E-state index >= 15 is 0 Å². The number of aromatic nitrogens is 2. The maximum absolute atomic E-state index is 12.9. The van der Waals surface area contributed by atoms with Crippen molar-refractivity contribution in [3.05, 3.63) is 17.3 Å². The van der Waals surface area contributed by atoms with Crippen molar-refractivity contribution in [3.63, 3.8) is 0 Å². The molecule has 0 atom stereocenters. The second kappa shape index (κ2) is 4.63. The van der Waals surface area contributed by atoms with Crippen LogP contribution in [0, 0.1) is 5.82 Å². The van der Waals surface area contributed by atoms with Crippen molar-refractivity contribution in [2.75, 3.05) is 18.5 Å². The van der Waals surface area contributed by atoms with E-state index in [0.29, 0.717) is 0 Å². The molecule has 4 nitrogen and oxygen atoms in total. The minimum Gasteiger partial charge on any atom is -0.390 e. The third-order valence-corrected chi connectivity index (χ3v) is 1.64. The molecule has 1 rings (SSSR count). The molecule has 0 saturated carbocycles. The van der Waals surface area contributed by atoms with Gasteiger partial charge in [-0.25, -0.2) is 18.2 Å². The molecule has 15 heavy (non-hydrogen) atoms. The first-order chi connectivity index (χ1) is 6.94. The Morgan fingerprint density at radius 1 is 1.53 bits per heavy atom. The highest BCUT2D eigenvalue weighted by molar-refractivity contribution is 6.28. The molecule has 0 saturated heterocycles. The number of aliphatic hydroxyl groups excluding tert-OH is 1. The summed E-state index contributed by atoms with van der Waals surface area (Å²) in [4.78, 5) is 6.67. The number of rotatable bonds is 4. The molecule has 0 amide bonds. The summed E-state index contributed by atoms with van der Waals surface area (Å²) in [7, 11) is 0. The van der Waals surface area contributed by atoms with Crippen molar-refractivity contribution < 1.29 is 18.3 Å². The van der Waals surface area contributed by atoms with Gasteiger partial charge in [-0.3, -0.25) is 0 Å². The van der Waals surface area contributed by atoms with Crippen molar-refractivity contribution in [2.45, 2.75) is 5.92 Å². The van der Waals surface area contributed by atoms with E-state index in [0.717, 1.165) is 6.20 Å². The number of nitrogens with one attached hydrogen (secondary N) is 1. The summed E-state index contributed by atoms with van der Waals surface area (Å²) in [6.45, 7) is -2.27. The number of hydrogen-bond acceptors (Lipinski definition) is 4. The number of alkyl halides is 2. The molecule has 84 valence electrons. The lowest BCUT2D eigenvalue weighted by Gasteiger charge is -2.14. The van der Waals surface area contributed by atoms with Crippen LogP contribution in [-0.4, -0.2) is 34.1 Å². The second-order valence-corrected chi connectivity index (χ2v) is 3.04. The van der Waals surface area contributed by atoms with Crippen LogP contribution in [-0.2, 0) is 0 Å². The number of anilines is 1. The van der Waals surface area contributed by atoms with Crippen LogP contribution in [0.4, 0.5) is 19.0 Å². The van der Waals surface area contributed by atoms with Crippen LogP contribution in [0.2, 0.25) is 5.28 Å². The molecule has 0 aliphatic carbocycles. The zero-order valence-electron chi connectivity index (χ0n) is 7.35. The Kier molecular flexibility index (Phi) is 3.70. The van der Waals surface area contributed by atoms with Crippen molar-refractivity contribution in [2.24, 2.45) is 0 Å². The first-order valence-corrected chi connectivity index (χ1v) is 4.23. The van der Waals surface area contributed by atoms with Crippen LogP contribution in [0.5, 0.6) is 0 Å². The average molecular weight is 242 g/mol. The van der Waals surface area contributed by atoms with Gasteiger partial charge < -0.3 is 10.4 Å². The van der Waals surface area contributed by atoms with Gasteiger partial charge in [-0.05, 0) is 11.6 Å². The van der Waals surface area contributed by atoms with Crippen LogP contribution in [0.3, 0.4) is 0 Å². The third kappa shape index (κ3) is 3.52. The van der Waals surface area contributed by atoms with E-state index in [-0.39, 0.29) is 5.28 Å². The fourth-order valence-electron chi connectivity index (χ4n) is 0.739. The summed E-state index contributed by atoms with van der Waals surface area (Å²) in [5, 5.41) is 10.0. The van der Waals surface area contributed by atoms with Crippen molar-refractivity contribution >= 4 is 17.4 Å². The molecule has 0 unspecified atom stereocenters. The number of aliphatic hydroxyl groups is 1. The monoisotopic (exact) mass is 241 g/mol. The molecular formula is C7H7ClF3N3O. The normalized spacial score (nSPS) is 11.5. The van der Waals surface area contributed by atoms with Gasteiger partial charge in [0.05, 0.1) is 12.7 Å². The molecule has 1 aromatic heterocycles. The summed E-state index contributed by atoms with van der Waals surface area (Å²) in [5.74, 6) is -4.67. The van der Waals surface area contributed by atoms with Gasteiger partial charge >= 0.3 is 0 Å². The van der Waals surface area contributed by atoms with Crippen LogP contribution in [0.1, 0.15) is 0 Å². The van der Waals surface area contributed by atoms with Crippen LogP contribution >= 0.6 is 11.6 Å². The van der Waals surface area contributed by atoms with E-state index in [1.54, 1.807) is 0 Å². The van der Waals surface area contributed by atoms with E-state index in [9.17, 15) is 13.2 Å². The molecule has 1 heterocycles. The average Bonchev–Trinajstić information content (AvgIpc) is 2.20. The Morgan fingerprint density at radius 3 is 2.80 bits per heavy atom. The third-order valence-electron chi connectivity index (χ3n) is 1.46. The maximum Gasteiger partial charge on any atom is 0.287 e. The highest BCUT2D eigenvalue weighted by Gasteiger charge is 2.27. The molecule has 0 spiro atoms. The predicted molar refractivity (Wildman–Crippen MR) is 47.5 cm³/mol. The molecule has 0 aromatic carbocycles. The largest absolute Gasteiger partial charge is 0.390 e. The van der Waals surface area contributed by atoms with Gasteiger partial charge in [0, 0.05) is 0 Å². The summed E-state index contributed by atoms with van der Waals surface area (Å²) in [6.07, 6.45) is 0.759. The number of halogens is 4. The van der Waals surface area contributed by atoms with Gasteiger partial charge in [-0.2, -0.15) is 4.98 Å². The SMILES string of the molecule is OCC(F)(F)CNc1nc(Cl)ncc1F. The zero-order valence-corrected chi connectivity index (χ0v) is 8.10. The lowest BCUT2D eigenvalue weighted by molar-refractivity contribution is -0.0373. The molecule has 8 heteroatoms. The smallest absolute Gasteiger partial charge is 0.287 e. The first-order valence-electron chi connectivity index (χ1n) is 3.85. The van der Waals surface area contributed by atoms with Crippen molar-refractivity contribution in [1.29, 1.82) is 0 Å². The fourth-order valence-corrected chi connectivity index (χ4v) is 0.872. The summed E-state index contributed by atoms with van der Waals surface area (Å²) >= 11 is 5.33. The van der Waals surface area contributed by atoms with E-state index in [4.69, 9.17) is 16.7 Å². The van der Waals surface area contributed by atoms with Gasteiger partial charge in [-0.15, -0.1) is 0 Å². The Bertz CT molecular complexity index is 350. The van der Waals surface area contributed by atoms with E-state index in [1.165, 1.54) is 0 Å². The molecule has 2 N–H and O–H groups in total. The molecule has 0 radical (unpaired) electrons. The molecular weight excluding hydrogens is 235 g/mol. The van der Waals surface area contributed by atoms with Gasteiger partial charge in [0.25, 0.3) is 5.92 Å². The van der Waals surface area contributed by atoms with Gasteiger partial charge in [0.15, 0.2) is 11.6 Å². The van der Waals surface area contributed by atoms with Crippen LogP contribution < -0.4 is 5.32 Å². The second-order valence-electron chi connectivity index (χ2n) is 2.70. The highest BCUT2D eigenvalue weighted by Crippen LogP contribution is 2.16. The fraction of sp³-hybridized carbons (Fsp3) is 0.429. The summed E-state index contributed by atoms with van der Waals surface area (Å²) in [6, 6.07) is 0. The zero-order chi connectivity index (χ0) is 11.5. The molecule has 1 aromatic rings. The highest BCUT2D eigenvalue weighted by atomic mass is 35.5. The standard InChI is InChI=1S/C7H7ClF3N3O/c8-6-12-1-4(9)5(14-6)13-2-7(10,11)3-15/h1,15H,2-3H2,(H,12,13,14). The Morgan fingerprint density at radius 2 is 2.20 bits per heavy atom. The molecule has 0 bridgehead atoms. The molecule has 0 fully saturated rings. The summed E-state index contributed by atoms with van der Waals surface area (Å²) < 4.78 is 38.0.